The Kier molecular flexibility index (Phi) is 2.53. The van der Waals surface area contributed by atoms with Crippen LogP contribution in [0.25, 0.3) is 0 Å². The topological polar surface area (TPSA) is 92.1 Å². The first-order valence-corrected chi connectivity index (χ1v) is 7.35. The van der Waals surface area contributed by atoms with Gasteiger partial charge in [-0.3, -0.25) is 9.40 Å². The van der Waals surface area contributed by atoms with Crippen molar-refractivity contribution in [1.29, 1.82) is 0 Å². The van der Waals surface area contributed by atoms with E-state index in [-0.39, 0.29) is 4.90 Å². The molecule has 19 heavy (non-hydrogen) atoms. The molecule has 0 fully saturated rings. The fourth-order valence-corrected chi connectivity index (χ4v) is 3.98. The van der Waals surface area contributed by atoms with Gasteiger partial charge in [-0.05, 0) is 37.1 Å². The molecule has 2 aromatic rings. The molecule has 1 aromatic carbocycles. The highest BCUT2D eigenvalue weighted by Gasteiger charge is 2.32. The number of H-pyrrole nitrogens is 1. The van der Waals surface area contributed by atoms with E-state index in [1.807, 2.05) is 6.07 Å². The van der Waals surface area contributed by atoms with Crippen molar-refractivity contribution in [1.82, 2.24) is 10.2 Å². The van der Waals surface area contributed by atoms with Crippen molar-refractivity contribution in [2.45, 2.75) is 18.2 Å². The zero-order chi connectivity index (χ0) is 13.6. The van der Waals surface area contributed by atoms with Crippen LogP contribution in [0.4, 0.5) is 11.4 Å². The molecule has 1 aliphatic heterocycles. The van der Waals surface area contributed by atoms with E-state index in [4.69, 9.17) is 5.73 Å². The second-order valence-corrected chi connectivity index (χ2v) is 6.41. The van der Waals surface area contributed by atoms with Crippen molar-refractivity contribution in [3.8, 4) is 0 Å². The summed E-state index contributed by atoms with van der Waals surface area (Å²) in [4.78, 5) is 0.220. The van der Waals surface area contributed by atoms with E-state index in [0.717, 1.165) is 5.56 Å². The Morgan fingerprint density at radius 2 is 2.21 bits per heavy atom. The van der Waals surface area contributed by atoms with Crippen LogP contribution in [0.2, 0.25) is 0 Å². The number of nitrogens with two attached hydrogens (primary N) is 1. The Bertz CT molecular complexity index is 736. The summed E-state index contributed by atoms with van der Waals surface area (Å²) >= 11 is 0. The Morgan fingerprint density at radius 1 is 1.42 bits per heavy atom. The van der Waals surface area contributed by atoms with E-state index in [1.165, 1.54) is 10.5 Å². The van der Waals surface area contributed by atoms with E-state index >= 15 is 0 Å². The largest absolute Gasteiger partial charge is 0.399 e. The van der Waals surface area contributed by atoms with Crippen molar-refractivity contribution >= 4 is 21.4 Å². The Hall–Kier alpha value is -2.02. The van der Waals surface area contributed by atoms with Crippen LogP contribution in [0.15, 0.2) is 29.3 Å². The lowest BCUT2D eigenvalue weighted by Crippen LogP contribution is -2.29. The average molecular weight is 278 g/mol. The fourth-order valence-electron chi connectivity index (χ4n) is 2.36. The van der Waals surface area contributed by atoms with Crippen molar-refractivity contribution in [3.05, 3.63) is 35.7 Å². The number of nitrogens with zero attached hydrogens (tertiary/aromatic N) is 2. The molecule has 0 atom stereocenters. The molecule has 0 saturated carbocycles. The number of benzene rings is 1. The predicted molar refractivity (Wildman–Crippen MR) is 72.4 cm³/mol. The Labute approximate surface area is 111 Å². The van der Waals surface area contributed by atoms with Crippen LogP contribution < -0.4 is 10.0 Å². The first kappa shape index (κ1) is 12.0. The first-order valence-electron chi connectivity index (χ1n) is 5.91. The molecule has 0 spiro atoms. The van der Waals surface area contributed by atoms with Crippen LogP contribution in [0.1, 0.15) is 11.3 Å². The van der Waals surface area contributed by atoms with Gasteiger partial charge in [0.05, 0.1) is 17.6 Å². The molecule has 6 nitrogen and oxygen atoms in total. The molecular weight excluding hydrogens is 264 g/mol. The molecule has 0 bridgehead atoms. The van der Waals surface area contributed by atoms with Crippen LogP contribution in [-0.2, 0) is 16.4 Å². The van der Waals surface area contributed by atoms with Gasteiger partial charge in [-0.1, -0.05) is 0 Å². The number of anilines is 2. The average Bonchev–Trinajstić information content (AvgIpc) is 2.94. The molecule has 1 aromatic heterocycles. The van der Waals surface area contributed by atoms with E-state index in [9.17, 15) is 8.42 Å². The van der Waals surface area contributed by atoms with Crippen molar-refractivity contribution in [2.75, 3.05) is 16.6 Å². The van der Waals surface area contributed by atoms with Gasteiger partial charge in [0.2, 0.25) is 0 Å². The standard InChI is InChI=1S/C12H14N4O2S/c1-8-12(7-14-15-8)19(17,18)16-5-4-9-6-10(13)2-3-11(9)16/h2-3,6-7H,4-5,13H2,1H3,(H,14,15). The monoisotopic (exact) mass is 278 g/mol. The summed E-state index contributed by atoms with van der Waals surface area (Å²) in [6.45, 7) is 2.13. The normalized spacial score (nSPS) is 14.7. The van der Waals surface area contributed by atoms with Gasteiger partial charge in [-0.15, -0.1) is 0 Å². The number of aromatic amines is 1. The van der Waals surface area contributed by atoms with Gasteiger partial charge in [-0.2, -0.15) is 5.10 Å². The first-order chi connectivity index (χ1) is 9.00. The smallest absolute Gasteiger partial charge is 0.267 e. The maximum Gasteiger partial charge on any atom is 0.267 e. The number of rotatable bonds is 2. The predicted octanol–water partition coefficient (Wildman–Crippen LogP) is 1.05. The van der Waals surface area contributed by atoms with Crippen LogP contribution >= 0.6 is 0 Å². The zero-order valence-corrected chi connectivity index (χ0v) is 11.2. The molecule has 1 aliphatic rings. The molecular formula is C12H14N4O2S. The van der Waals surface area contributed by atoms with Gasteiger partial charge in [0.25, 0.3) is 10.0 Å². The minimum Gasteiger partial charge on any atom is -0.399 e. The maximum absolute atomic E-state index is 12.6. The molecule has 2 heterocycles. The second kappa shape index (κ2) is 3.99. The summed E-state index contributed by atoms with van der Waals surface area (Å²) in [7, 11) is -3.55. The minimum atomic E-state index is -3.55. The van der Waals surface area contributed by atoms with Crippen molar-refractivity contribution < 1.29 is 8.42 Å². The highest BCUT2D eigenvalue weighted by molar-refractivity contribution is 7.92. The van der Waals surface area contributed by atoms with Gasteiger partial charge >= 0.3 is 0 Å². The van der Waals surface area contributed by atoms with Gasteiger partial charge in [0.1, 0.15) is 4.90 Å². The van der Waals surface area contributed by atoms with E-state index in [2.05, 4.69) is 10.2 Å². The summed E-state index contributed by atoms with van der Waals surface area (Å²) in [6.07, 6.45) is 2.02. The summed E-state index contributed by atoms with van der Waals surface area (Å²) in [5.41, 5.74) is 8.58. The lowest BCUT2D eigenvalue weighted by Gasteiger charge is -2.19. The number of hydrogen-bond donors (Lipinski definition) is 2. The molecule has 0 saturated heterocycles. The number of hydrogen-bond acceptors (Lipinski definition) is 4. The molecule has 100 valence electrons. The SMILES string of the molecule is Cc1[nH]ncc1S(=O)(=O)N1CCc2cc(N)ccc21. The molecule has 0 unspecified atom stereocenters. The Balaban J connectivity index is 2.09. The lowest BCUT2D eigenvalue weighted by molar-refractivity contribution is 0.592. The molecule has 3 rings (SSSR count). The Morgan fingerprint density at radius 3 is 2.89 bits per heavy atom. The highest BCUT2D eigenvalue weighted by atomic mass is 32.2. The maximum atomic E-state index is 12.6. The lowest BCUT2D eigenvalue weighted by atomic mass is 10.1. The summed E-state index contributed by atoms with van der Waals surface area (Å²) in [5, 5.41) is 6.43. The highest BCUT2D eigenvalue weighted by Crippen LogP contribution is 2.34. The molecule has 7 heteroatoms. The van der Waals surface area contributed by atoms with Crippen LogP contribution in [-0.4, -0.2) is 25.2 Å². The van der Waals surface area contributed by atoms with Gasteiger partial charge in [0, 0.05) is 12.2 Å². The third-order valence-electron chi connectivity index (χ3n) is 3.31. The zero-order valence-electron chi connectivity index (χ0n) is 10.4. The number of sulfonamides is 1. The van der Waals surface area contributed by atoms with Gasteiger partial charge in [-0.25, -0.2) is 8.42 Å². The fraction of sp³-hybridized carbons (Fsp3) is 0.250. The third kappa shape index (κ3) is 1.77. The third-order valence-corrected chi connectivity index (χ3v) is 5.24. The number of nitrogens with one attached hydrogen (secondary N) is 1. The molecule has 3 N–H and O–H groups in total. The summed E-state index contributed by atoms with van der Waals surface area (Å²) in [5.74, 6) is 0. The van der Waals surface area contributed by atoms with E-state index < -0.39 is 10.0 Å². The number of fused-ring (bicyclic) bond motifs is 1. The minimum absolute atomic E-state index is 0.220. The summed E-state index contributed by atoms with van der Waals surface area (Å²) < 4.78 is 26.6. The van der Waals surface area contributed by atoms with E-state index in [1.54, 1.807) is 19.1 Å². The number of aromatic nitrogens is 2. The number of aryl methyl sites for hydroxylation is 1. The molecule has 0 aliphatic carbocycles. The van der Waals surface area contributed by atoms with Gasteiger partial charge in [0.15, 0.2) is 0 Å². The van der Waals surface area contributed by atoms with Crippen LogP contribution in [0.3, 0.4) is 0 Å². The summed E-state index contributed by atoms with van der Waals surface area (Å²) in [6, 6.07) is 5.30. The quantitative estimate of drug-likeness (QED) is 0.803. The van der Waals surface area contributed by atoms with Crippen LogP contribution in [0, 0.1) is 6.92 Å². The molecule has 0 radical (unpaired) electrons. The van der Waals surface area contributed by atoms with Crippen molar-refractivity contribution in [2.24, 2.45) is 0 Å². The van der Waals surface area contributed by atoms with Crippen LogP contribution in [0.5, 0.6) is 0 Å². The van der Waals surface area contributed by atoms with E-state index in [0.29, 0.717) is 30.0 Å². The molecule has 0 amide bonds. The van der Waals surface area contributed by atoms with Crippen molar-refractivity contribution in [3.63, 3.8) is 0 Å². The second-order valence-electron chi connectivity index (χ2n) is 4.57. The number of nitrogen functional groups attached to an aromatic ring is 1. The van der Waals surface area contributed by atoms with Gasteiger partial charge < -0.3 is 5.73 Å².